The molecule has 0 aliphatic carbocycles. The molecule has 0 unspecified atom stereocenters. The summed E-state index contributed by atoms with van der Waals surface area (Å²) in [6.45, 7) is 4.42. The fourth-order valence-corrected chi connectivity index (χ4v) is 2.41. The number of hydrogen-bond donors (Lipinski definition) is 1. The van der Waals surface area contributed by atoms with Crippen molar-refractivity contribution in [3.63, 3.8) is 0 Å². The number of nitrogens with two attached hydrogens (primary N) is 1. The summed E-state index contributed by atoms with van der Waals surface area (Å²) in [6.07, 6.45) is 2.08. The van der Waals surface area contributed by atoms with E-state index in [0.717, 1.165) is 30.6 Å². The van der Waals surface area contributed by atoms with Crippen molar-refractivity contribution < 1.29 is 4.79 Å². The Labute approximate surface area is 95.5 Å². The van der Waals surface area contributed by atoms with Crippen molar-refractivity contribution in [3.8, 4) is 0 Å². The van der Waals surface area contributed by atoms with Gasteiger partial charge in [-0.15, -0.1) is 0 Å². The van der Waals surface area contributed by atoms with Crippen molar-refractivity contribution in [3.05, 3.63) is 23.4 Å². The first-order valence-corrected chi connectivity index (χ1v) is 5.60. The van der Waals surface area contributed by atoms with E-state index in [2.05, 4.69) is 4.98 Å². The summed E-state index contributed by atoms with van der Waals surface area (Å²) in [6, 6.07) is 3.98. The summed E-state index contributed by atoms with van der Waals surface area (Å²) in [4.78, 5) is 17.7. The maximum absolute atomic E-state index is 11.5. The standard InChI is InChI=1S/C12H17N3O/c1-8-10(5-6-12(13)14-8)11-4-3-7-15(11)9(2)16/h5-6,11H,3-4,7H2,1-2H3,(H2,13,14)/t11-/m1/s1. The predicted molar refractivity (Wildman–Crippen MR) is 62.7 cm³/mol. The number of aromatic nitrogens is 1. The summed E-state index contributed by atoms with van der Waals surface area (Å²) < 4.78 is 0. The number of likely N-dealkylation sites (tertiary alicyclic amines) is 1. The molecule has 0 saturated carbocycles. The highest BCUT2D eigenvalue weighted by atomic mass is 16.2. The van der Waals surface area contributed by atoms with Gasteiger partial charge in [-0.1, -0.05) is 6.07 Å². The zero-order valence-electron chi connectivity index (χ0n) is 9.73. The molecule has 16 heavy (non-hydrogen) atoms. The first-order chi connectivity index (χ1) is 7.59. The average molecular weight is 219 g/mol. The van der Waals surface area contributed by atoms with E-state index < -0.39 is 0 Å². The average Bonchev–Trinajstić information content (AvgIpc) is 2.66. The maximum atomic E-state index is 11.5. The molecule has 2 rings (SSSR count). The lowest BCUT2D eigenvalue weighted by molar-refractivity contribution is -0.129. The molecule has 2 N–H and O–H groups in total. The van der Waals surface area contributed by atoms with Crippen molar-refractivity contribution in [1.29, 1.82) is 0 Å². The molecular formula is C12H17N3O. The van der Waals surface area contributed by atoms with E-state index in [4.69, 9.17) is 5.73 Å². The number of pyridine rings is 1. The van der Waals surface area contributed by atoms with Crippen LogP contribution in [0.2, 0.25) is 0 Å². The van der Waals surface area contributed by atoms with Gasteiger partial charge in [0.1, 0.15) is 5.82 Å². The van der Waals surface area contributed by atoms with Gasteiger partial charge >= 0.3 is 0 Å². The van der Waals surface area contributed by atoms with Crippen LogP contribution in [0.25, 0.3) is 0 Å². The molecule has 1 amide bonds. The first-order valence-electron chi connectivity index (χ1n) is 5.60. The van der Waals surface area contributed by atoms with E-state index >= 15 is 0 Å². The number of carbonyl (C=O) groups is 1. The molecule has 1 aliphatic heterocycles. The molecule has 1 aliphatic rings. The molecule has 0 bridgehead atoms. The third-order valence-corrected chi connectivity index (χ3v) is 3.16. The molecule has 0 radical (unpaired) electrons. The second kappa shape index (κ2) is 4.12. The van der Waals surface area contributed by atoms with Crippen LogP contribution in [0.15, 0.2) is 12.1 Å². The molecule has 0 spiro atoms. The Morgan fingerprint density at radius 2 is 2.31 bits per heavy atom. The number of nitrogen functional groups attached to an aromatic ring is 1. The van der Waals surface area contributed by atoms with Crippen molar-refractivity contribution >= 4 is 11.7 Å². The van der Waals surface area contributed by atoms with Gasteiger partial charge in [-0.2, -0.15) is 0 Å². The third kappa shape index (κ3) is 1.87. The van der Waals surface area contributed by atoms with Gasteiger partial charge in [0.15, 0.2) is 0 Å². The van der Waals surface area contributed by atoms with Crippen molar-refractivity contribution in [2.45, 2.75) is 32.7 Å². The van der Waals surface area contributed by atoms with Gasteiger partial charge in [0.25, 0.3) is 0 Å². The predicted octanol–water partition coefficient (Wildman–Crippen LogP) is 1.66. The Bertz CT molecular complexity index is 417. The number of anilines is 1. The number of rotatable bonds is 1. The zero-order chi connectivity index (χ0) is 11.7. The molecule has 4 heteroatoms. The highest BCUT2D eigenvalue weighted by molar-refractivity contribution is 5.74. The van der Waals surface area contributed by atoms with Gasteiger partial charge in [0.05, 0.1) is 6.04 Å². The SMILES string of the molecule is CC(=O)N1CCC[C@@H]1c1ccc(N)nc1C. The Morgan fingerprint density at radius 1 is 1.56 bits per heavy atom. The van der Waals surface area contributed by atoms with Crippen LogP contribution in [0.5, 0.6) is 0 Å². The van der Waals surface area contributed by atoms with Crippen LogP contribution in [0, 0.1) is 6.92 Å². The largest absolute Gasteiger partial charge is 0.384 e. The Balaban J connectivity index is 2.32. The van der Waals surface area contributed by atoms with E-state index in [1.54, 1.807) is 13.0 Å². The number of carbonyl (C=O) groups excluding carboxylic acids is 1. The third-order valence-electron chi connectivity index (χ3n) is 3.16. The number of nitrogens with zero attached hydrogens (tertiary/aromatic N) is 2. The van der Waals surface area contributed by atoms with E-state index in [9.17, 15) is 4.79 Å². The first kappa shape index (κ1) is 10.9. The van der Waals surface area contributed by atoms with Crippen molar-refractivity contribution in [2.75, 3.05) is 12.3 Å². The second-order valence-electron chi connectivity index (χ2n) is 4.28. The van der Waals surface area contributed by atoms with Crippen LogP contribution in [-0.4, -0.2) is 22.3 Å². The van der Waals surface area contributed by atoms with Crippen molar-refractivity contribution in [2.24, 2.45) is 0 Å². The monoisotopic (exact) mass is 219 g/mol. The van der Waals surface area contributed by atoms with E-state index in [0.29, 0.717) is 5.82 Å². The fraction of sp³-hybridized carbons (Fsp3) is 0.500. The molecule has 1 aromatic rings. The van der Waals surface area contributed by atoms with Crippen LogP contribution in [-0.2, 0) is 4.79 Å². The second-order valence-corrected chi connectivity index (χ2v) is 4.28. The molecule has 1 aromatic heterocycles. The minimum absolute atomic E-state index is 0.138. The van der Waals surface area contributed by atoms with E-state index in [1.165, 1.54) is 0 Å². The van der Waals surface area contributed by atoms with Crippen LogP contribution < -0.4 is 5.73 Å². The lowest BCUT2D eigenvalue weighted by atomic mass is 10.0. The summed E-state index contributed by atoms with van der Waals surface area (Å²) in [5.74, 6) is 0.673. The van der Waals surface area contributed by atoms with Gasteiger partial charge in [-0.25, -0.2) is 4.98 Å². The maximum Gasteiger partial charge on any atom is 0.219 e. The minimum Gasteiger partial charge on any atom is -0.384 e. The van der Waals surface area contributed by atoms with Gasteiger partial charge in [0, 0.05) is 19.2 Å². The summed E-state index contributed by atoms with van der Waals surface area (Å²) in [5, 5.41) is 0. The van der Waals surface area contributed by atoms with Gasteiger partial charge in [0.2, 0.25) is 5.91 Å². The molecule has 1 fully saturated rings. The van der Waals surface area contributed by atoms with Crippen LogP contribution >= 0.6 is 0 Å². The quantitative estimate of drug-likeness (QED) is 0.781. The van der Waals surface area contributed by atoms with Crippen molar-refractivity contribution in [1.82, 2.24) is 9.88 Å². The number of hydrogen-bond acceptors (Lipinski definition) is 3. The Morgan fingerprint density at radius 3 is 2.94 bits per heavy atom. The molecule has 2 heterocycles. The van der Waals surface area contributed by atoms with Gasteiger partial charge in [-0.05, 0) is 31.4 Å². The normalized spacial score (nSPS) is 20.1. The smallest absolute Gasteiger partial charge is 0.219 e. The Kier molecular flexibility index (Phi) is 2.81. The lowest BCUT2D eigenvalue weighted by Crippen LogP contribution is -2.28. The molecule has 86 valence electrons. The van der Waals surface area contributed by atoms with Gasteiger partial charge in [-0.3, -0.25) is 4.79 Å². The number of amides is 1. The zero-order valence-corrected chi connectivity index (χ0v) is 9.73. The molecular weight excluding hydrogens is 202 g/mol. The fourth-order valence-electron chi connectivity index (χ4n) is 2.41. The Hall–Kier alpha value is -1.58. The summed E-state index contributed by atoms with van der Waals surface area (Å²) in [7, 11) is 0. The highest BCUT2D eigenvalue weighted by Gasteiger charge is 2.29. The van der Waals surface area contributed by atoms with Crippen LogP contribution in [0.1, 0.15) is 37.1 Å². The number of aryl methyl sites for hydroxylation is 1. The van der Waals surface area contributed by atoms with Gasteiger partial charge < -0.3 is 10.6 Å². The van der Waals surface area contributed by atoms with E-state index in [-0.39, 0.29) is 11.9 Å². The highest BCUT2D eigenvalue weighted by Crippen LogP contribution is 2.33. The van der Waals surface area contributed by atoms with Crippen LogP contribution in [0.3, 0.4) is 0 Å². The molecule has 4 nitrogen and oxygen atoms in total. The summed E-state index contributed by atoms with van der Waals surface area (Å²) >= 11 is 0. The van der Waals surface area contributed by atoms with E-state index in [1.807, 2.05) is 17.9 Å². The molecule has 1 atom stereocenters. The summed E-state index contributed by atoms with van der Waals surface area (Å²) in [5.41, 5.74) is 7.68. The molecule has 1 saturated heterocycles. The molecule has 0 aromatic carbocycles. The minimum atomic E-state index is 0.138. The van der Waals surface area contributed by atoms with Crippen LogP contribution in [0.4, 0.5) is 5.82 Å². The lowest BCUT2D eigenvalue weighted by Gasteiger charge is -2.24. The topological polar surface area (TPSA) is 59.2 Å².